The van der Waals surface area contributed by atoms with Gasteiger partial charge in [0, 0.05) is 16.3 Å². The minimum Gasteiger partial charge on any atom is -0.234 e. The highest BCUT2D eigenvalue weighted by Gasteiger charge is 2.18. The first kappa shape index (κ1) is 13.9. The topological polar surface area (TPSA) is 29.4 Å². The maximum Gasteiger partial charge on any atom is 0.144 e. The highest BCUT2D eigenvalue weighted by atomic mass is 79.9. The quantitative estimate of drug-likeness (QED) is 0.757. The Balaban J connectivity index is 2.89. The Morgan fingerprint density at radius 3 is 2.56 bits per heavy atom. The third-order valence-electron chi connectivity index (χ3n) is 1.77. The molecule has 0 saturated carbocycles. The maximum absolute atomic E-state index is 11.7. The summed E-state index contributed by atoms with van der Waals surface area (Å²) in [7, 11) is -1.25. The van der Waals surface area contributed by atoms with Gasteiger partial charge < -0.3 is 0 Å². The van der Waals surface area contributed by atoms with Crippen LogP contribution in [0.25, 0.3) is 0 Å². The second-order valence-electron chi connectivity index (χ2n) is 4.26. The molecular formula is C11H13BrClNOS. The standard InChI is InChI=1S/C11H13BrClNOS/c1-11(2,3)16(15)14-7-8-4-5-9(12)6-10(8)13/h4-7H,1-3H3/b14-7+/t16-/m1/s1. The molecule has 0 aliphatic heterocycles. The molecule has 16 heavy (non-hydrogen) atoms. The number of rotatable bonds is 2. The van der Waals surface area contributed by atoms with Crippen LogP contribution in [0.1, 0.15) is 26.3 Å². The van der Waals surface area contributed by atoms with E-state index in [1.54, 1.807) is 12.3 Å². The van der Waals surface area contributed by atoms with Gasteiger partial charge in [-0.3, -0.25) is 0 Å². The van der Waals surface area contributed by atoms with E-state index in [0.29, 0.717) is 5.02 Å². The predicted octanol–water partition coefficient (Wildman–Crippen LogP) is 3.98. The molecule has 0 aromatic heterocycles. The summed E-state index contributed by atoms with van der Waals surface area (Å²) in [6.07, 6.45) is 1.55. The maximum atomic E-state index is 11.7. The van der Waals surface area contributed by atoms with Crippen LogP contribution in [0, 0.1) is 0 Å². The number of hydrogen-bond acceptors (Lipinski definition) is 1. The molecule has 0 bridgehead atoms. The van der Waals surface area contributed by atoms with Crippen LogP contribution in [0.3, 0.4) is 0 Å². The van der Waals surface area contributed by atoms with Crippen molar-refractivity contribution in [2.75, 3.05) is 0 Å². The average Bonchev–Trinajstić information content (AvgIpc) is 2.14. The fraction of sp³-hybridized carbons (Fsp3) is 0.364. The van der Waals surface area contributed by atoms with Crippen LogP contribution in [-0.4, -0.2) is 15.2 Å². The smallest absolute Gasteiger partial charge is 0.144 e. The van der Waals surface area contributed by atoms with Crippen LogP contribution < -0.4 is 0 Å². The molecule has 0 aliphatic carbocycles. The van der Waals surface area contributed by atoms with Gasteiger partial charge >= 0.3 is 0 Å². The molecular weight excluding hydrogens is 310 g/mol. The summed E-state index contributed by atoms with van der Waals surface area (Å²) in [5.74, 6) is 0. The van der Waals surface area contributed by atoms with Crippen molar-refractivity contribution < 1.29 is 4.21 Å². The molecule has 0 amide bonds. The highest BCUT2D eigenvalue weighted by molar-refractivity contribution is 9.10. The molecule has 88 valence electrons. The summed E-state index contributed by atoms with van der Waals surface area (Å²) < 4.78 is 16.2. The second kappa shape index (κ2) is 5.43. The number of hydrogen-bond donors (Lipinski definition) is 0. The molecule has 0 aliphatic rings. The van der Waals surface area contributed by atoms with Crippen molar-refractivity contribution in [2.24, 2.45) is 4.40 Å². The van der Waals surface area contributed by atoms with Crippen molar-refractivity contribution >= 4 is 44.7 Å². The number of benzene rings is 1. The van der Waals surface area contributed by atoms with Gasteiger partial charge in [0.05, 0.1) is 9.77 Å². The van der Waals surface area contributed by atoms with Gasteiger partial charge in [-0.05, 0) is 32.9 Å². The van der Waals surface area contributed by atoms with Crippen molar-refractivity contribution in [3.63, 3.8) is 0 Å². The first-order valence-corrected chi connectivity index (χ1v) is 6.99. The zero-order valence-electron chi connectivity index (χ0n) is 9.33. The summed E-state index contributed by atoms with van der Waals surface area (Å²) in [5, 5.41) is 0.587. The molecule has 0 radical (unpaired) electrons. The van der Waals surface area contributed by atoms with Crippen LogP contribution in [-0.2, 0) is 11.0 Å². The fourth-order valence-corrected chi connectivity index (χ4v) is 2.12. The van der Waals surface area contributed by atoms with Gasteiger partial charge in [-0.15, -0.1) is 0 Å². The van der Waals surface area contributed by atoms with Crippen LogP contribution in [0.15, 0.2) is 27.1 Å². The summed E-state index contributed by atoms with van der Waals surface area (Å²) in [5.41, 5.74) is 0.766. The third-order valence-corrected chi connectivity index (χ3v) is 3.94. The highest BCUT2D eigenvalue weighted by Crippen LogP contribution is 2.20. The van der Waals surface area contributed by atoms with Gasteiger partial charge in [0.15, 0.2) is 0 Å². The summed E-state index contributed by atoms with van der Waals surface area (Å²) in [6, 6.07) is 5.48. The molecule has 0 fully saturated rings. The van der Waals surface area contributed by atoms with Crippen molar-refractivity contribution in [1.82, 2.24) is 0 Å². The number of nitrogens with zero attached hydrogens (tertiary/aromatic N) is 1. The molecule has 1 aromatic rings. The zero-order valence-corrected chi connectivity index (χ0v) is 12.5. The van der Waals surface area contributed by atoms with Gasteiger partial charge in [-0.1, -0.05) is 33.6 Å². The van der Waals surface area contributed by atoms with Crippen LogP contribution >= 0.6 is 27.5 Å². The van der Waals surface area contributed by atoms with E-state index >= 15 is 0 Å². The van der Waals surface area contributed by atoms with E-state index < -0.39 is 11.0 Å². The van der Waals surface area contributed by atoms with Gasteiger partial charge in [0.25, 0.3) is 0 Å². The molecule has 0 saturated heterocycles. The van der Waals surface area contributed by atoms with E-state index in [9.17, 15) is 4.21 Å². The first-order valence-electron chi connectivity index (χ1n) is 4.72. The van der Waals surface area contributed by atoms with E-state index in [0.717, 1.165) is 10.0 Å². The lowest BCUT2D eigenvalue weighted by molar-refractivity contribution is 0.651. The lowest BCUT2D eigenvalue weighted by Gasteiger charge is -2.12. The van der Waals surface area contributed by atoms with Crippen LogP contribution in [0.5, 0.6) is 0 Å². The Kier molecular flexibility index (Phi) is 4.71. The SMILES string of the molecule is CC(C)(C)[S@@](=O)/N=C/c1ccc(Br)cc1Cl. The average molecular weight is 323 g/mol. The van der Waals surface area contributed by atoms with E-state index in [1.165, 1.54) is 0 Å². The largest absolute Gasteiger partial charge is 0.234 e. The van der Waals surface area contributed by atoms with Crippen molar-refractivity contribution in [3.8, 4) is 0 Å². The van der Waals surface area contributed by atoms with Gasteiger partial charge in [-0.2, -0.15) is 4.40 Å². The monoisotopic (exact) mass is 321 g/mol. The van der Waals surface area contributed by atoms with Crippen LogP contribution in [0.2, 0.25) is 5.02 Å². The van der Waals surface area contributed by atoms with Gasteiger partial charge in [0.1, 0.15) is 11.0 Å². The molecule has 1 rings (SSSR count). The minimum absolute atomic E-state index is 0.349. The van der Waals surface area contributed by atoms with E-state index in [2.05, 4.69) is 20.3 Å². The Hall–Kier alpha value is -0.190. The molecule has 0 spiro atoms. The Labute approximate surface area is 112 Å². The molecule has 0 unspecified atom stereocenters. The lowest BCUT2D eigenvalue weighted by Crippen LogP contribution is -2.19. The molecule has 2 nitrogen and oxygen atoms in total. The minimum atomic E-state index is -1.25. The summed E-state index contributed by atoms with van der Waals surface area (Å²) in [6.45, 7) is 5.64. The van der Waals surface area contributed by atoms with Crippen LogP contribution in [0.4, 0.5) is 0 Å². The number of halogens is 2. The Morgan fingerprint density at radius 2 is 2.06 bits per heavy atom. The summed E-state index contributed by atoms with van der Waals surface area (Å²) >= 11 is 9.33. The lowest BCUT2D eigenvalue weighted by atomic mass is 10.2. The first-order chi connectivity index (χ1) is 7.30. The fourth-order valence-electron chi connectivity index (χ4n) is 0.869. The molecule has 5 heteroatoms. The van der Waals surface area contributed by atoms with Crippen molar-refractivity contribution in [3.05, 3.63) is 33.3 Å². The van der Waals surface area contributed by atoms with E-state index in [4.69, 9.17) is 11.6 Å². The normalized spacial score (nSPS) is 14.3. The second-order valence-corrected chi connectivity index (χ2v) is 7.52. The third kappa shape index (κ3) is 4.00. The molecule has 0 N–H and O–H groups in total. The molecule has 1 aromatic carbocycles. The summed E-state index contributed by atoms with van der Waals surface area (Å²) in [4.78, 5) is 0. The molecule has 1 atom stereocenters. The zero-order chi connectivity index (χ0) is 12.3. The van der Waals surface area contributed by atoms with Crippen molar-refractivity contribution in [2.45, 2.75) is 25.5 Å². The van der Waals surface area contributed by atoms with E-state index in [-0.39, 0.29) is 4.75 Å². The van der Waals surface area contributed by atoms with Gasteiger partial charge in [-0.25, -0.2) is 4.21 Å². The molecule has 0 heterocycles. The Bertz CT molecular complexity index is 440. The van der Waals surface area contributed by atoms with Crippen molar-refractivity contribution in [1.29, 1.82) is 0 Å². The Morgan fingerprint density at radius 1 is 1.44 bits per heavy atom. The van der Waals surface area contributed by atoms with E-state index in [1.807, 2.05) is 32.9 Å². The van der Waals surface area contributed by atoms with Gasteiger partial charge in [0.2, 0.25) is 0 Å². The predicted molar refractivity (Wildman–Crippen MR) is 74.6 cm³/mol.